The van der Waals surface area contributed by atoms with Crippen LogP contribution >= 0.6 is 0 Å². The number of aromatic nitrogens is 3. The maximum Gasteiger partial charge on any atom is 0.273 e. The van der Waals surface area contributed by atoms with Crippen LogP contribution in [0.25, 0.3) is 11.4 Å². The van der Waals surface area contributed by atoms with Crippen LogP contribution in [0.3, 0.4) is 0 Å². The summed E-state index contributed by atoms with van der Waals surface area (Å²) in [6.07, 6.45) is 1.33. The Hall–Kier alpha value is -2.70. The first-order valence-corrected chi connectivity index (χ1v) is 9.37. The Morgan fingerprint density at radius 2 is 1.89 bits per heavy atom. The molecule has 0 saturated carbocycles. The van der Waals surface area contributed by atoms with Crippen molar-refractivity contribution in [2.45, 2.75) is 53.0 Å². The van der Waals surface area contributed by atoms with Gasteiger partial charge in [0.15, 0.2) is 5.82 Å². The Bertz CT molecular complexity index is 800. The molecule has 7 heteroatoms. The zero-order valence-electron chi connectivity index (χ0n) is 16.4. The molecule has 0 aliphatic heterocycles. The minimum absolute atomic E-state index is 0.0911. The Balaban J connectivity index is 1.99. The summed E-state index contributed by atoms with van der Waals surface area (Å²) in [6, 6.07) is 7.45. The number of hydrogen-bond acceptors (Lipinski definition) is 5. The molecule has 146 valence electrons. The molecule has 2 rings (SSSR count). The lowest BCUT2D eigenvalue weighted by atomic mass is 10.2. The molecule has 0 radical (unpaired) electrons. The average Bonchev–Trinajstić information content (AvgIpc) is 2.65. The van der Waals surface area contributed by atoms with Crippen LogP contribution in [-0.4, -0.2) is 33.7 Å². The highest BCUT2D eigenvalue weighted by molar-refractivity contribution is 5.76. The fourth-order valence-corrected chi connectivity index (χ4v) is 2.31. The number of carbonyl (C=O) groups is 1. The van der Waals surface area contributed by atoms with Crippen LogP contribution in [0, 0.1) is 5.92 Å². The molecule has 2 N–H and O–H groups in total. The summed E-state index contributed by atoms with van der Waals surface area (Å²) in [4.78, 5) is 26.8. The molecule has 0 bridgehead atoms. The van der Waals surface area contributed by atoms with E-state index in [0.717, 1.165) is 17.7 Å². The molecule has 0 aliphatic rings. The Morgan fingerprint density at radius 3 is 2.48 bits per heavy atom. The maximum atomic E-state index is 12.2. The van der Waals surface area contributed by atoms with Gasteiger partial charge in [-0.3, -0.25) is 9.59 Å². The van der Waals surface area contributed by atoms with E-state index in [0.29, 0.717) is 18.3 Å². The van der Waals surface area contributed by atoms with E-state index in [1.165, 1.54) is 0 Å². The smallest absolute Gasteiger partial charge is 0.273 e. The summed E-state index contributed by atoms with van der Waals surface area (Å²) in [5.41, 5.74) is 0.684. The highest BCUT2D eigenvalue weighted by Crippen LogP contribution is 2.18. The molecule has 7 nitrogen and oxygen atoms in total. The van der Waals surface area contributed by atoms with E-state index in [9.17, 15) is 9.59 Å². The predicted molar refractivity (Wildman–Crippen MR) is 105 cm³/mol. The van der Waals surface area contributed by atoms with Crippen LogP contribution < -0.4 is 15.6 Å². The molecular formula is C20H28N4O3. The van der Waals surface area contributed by atoms with E-state index in [-0.39, 0.29) is 36.0 Å². The zero-order valence-corrected chi connectivity index (χ0v) is 16.4. The third-order valence-electron chi connectivity index (χ3n) is 4.08. The van der Waals surface area contributed by atoms with Crippen molar-refractivity contribution in [2.75, 3.05) is 6.61 Å². The average molecular weight is 372 g/mol. The third kappa shape index (κ3) is 6.51. The summed E-state index contributed by atoms with van der Waals surface area (Å²) in [5.74, 6) is 1.52. The van der Waals surface area contributed by atoms with Crippen molar-refractivity contribution in [1.82, 2.24) is 20.5 Å². The molecular weight excluding hydrogens is 344 g/mol. The normalized spacial score (nSPS) is 12.0. The summed E-state index contributed by atoms with van der Waals surface area (Å²) < 4.78 is 5.65. The van der Waals surface area contributed by atoms with Crippen LogP contribution in [0.15, 0.2) is 29.1 Å². The fourth-order valence-electron chi connectivity index (χ4n) is 2.31. The molecule has 1 atom stereocenters. The molecule has 1 heterocycles. The van der Waals surface area contributed by atoms with Gasteiger partial charge < -0.3 is 15.0 Å². The molecule has 0 aliphatic carbocycles. The number of H-pyrrole nitrogens is 1. The third-order valence-corrected chi connectivity index (χ3v) is 4.08. The SMILES string of the molecule is CCC(C)NC(=O)CCc1nnc(-c2ccc(OCC(C)C)cc2)[nH]c1=O. The highest BCUT2D eigenvalue weighted by Gasteiger charge is 2.11. The Kier molecular flexibility index (Phi) is 7.52. The largest absolute Gasteiger partial charge is 0.493 e. The van der Waals surface area contributed by atoms with E-state index >= 15 is 0 Å². The topological polar surface area (TPSA) is 97.0 Å². The van der Waals surface area contributed by atoms with Gasteiger partial charge in [0, 0.05) is 24.4 Å². The summed E-state index contributed by atoms with van der Waals surface area (Å²) >= 11 is 0. The van der Waals surface area contributed by atoms with Gasteiger partial charge in [0.2, 0.25) is 5.91 Å². The number of hydrogen-bond donors (Lipinski definition) is 2. The lowest BCUT2D eigenvalue weighted by molar-refractivity contribution is -0.121. The first-order valence-electron chi connectivity index (χ1n) is 9.37. The maximum absolute atomic E-state index is 12.2. The predicted octanol–water partition coefficient (Wildman–Crippen LogP) is 2.71. The Labute approximate surface area is 159 Å². The molecule has 0 saturated heterocycles. The number of nitrogens with zero attached hydrogens (tertiary/aromatic N) is 2. The quantitative estimate of drug-likeness (QED) is 0.705. The standard InChI is InChI=1S/C20H28N4O3/c1-5-14(4)21-18(25)11-10-17-20(26)22-19(24-23-17)15-6-8-16(9-7-15)27-12-13(2)3/h6-9,13-14H,5,10-12H2,1-4H3,(H,21,25)(H,22,24,26). The van der Waals surface area contributed by atoms with Crippen LogP contribution in [-0.2, 0) is 11.2 Å². The van der Waals surface area contributed by atoms with Crippen molar-refractivity contribution in [3.63, 3.8) is 0 Å². The van der Waals surface area contributed by atoms with Gasteiger partial charge in [-0.15, -0.1) is 10.2 Å². The highest BCUT2D eigenvalue weighted by atomic mass is 16.5. The molecule has 1 aromatic carbocycles. The first kappa shape index (κ1) is 20.6. The van der Waals surface area contributed by atoms with Crippen molar-refractivity contribution < 1.29 is 9.53 Å². The minimum atomic E-state index is -0.323. The molecule has 27 heavy (non-hydrogen) atoms. The second-order valence-corrected chi connectivity index (χ2v) is 7.06. The van der Waals surface area contributed by atoms with Gasteiger partial charge in [-0.25, -0.2) is 0 Å². The lowest BCUT2D eigenvalue weighted by Crippen LogP contribution is -2.32. The van der Waals surface area contributed by atoms with E-state index in [1.54, 1.807) is 0 Å². The van der Waals surface area contributed by atoms with Crippen LogP contribution in [0.1, 0.15) is 46.2 Å². The van der Waals surface area contributed by atoms with E-state index in [2.05, 4.69) is 34.3 Å². The van der Waals surface area contributed by atoms with Gasteiger partial charge in [0.1, 0.15) is 11.4 Å². The van der Waals surface area contributed by atoms with E-state index in [4.69, 9.17) is 4.74 Å². The summed E-state index contributed by atoms with van der Waals surface area (Å²) in [6.45, 7) is 8.77. The zero-order chi connectivity index (χ0) is 19.8. The van der Waals surface area contributed by atoms with Crippen LogP contribution in [0.2, 0.25) is 0 Å². The number of aromatic amines is 1. The van der Waals surface area contributed by atoms with Crippen LogP contribution in [0.5, 0.6) is 5.75 Å². The van der Waals surface area contributed by atoms with E-state index in [1.807, 2.05) is 38.1 Å². The van der Waals surface area contributed by atoms with Crippen molar-refractivity contribution >= 4 is 5.91 Å². The molecule has 1 amide bonds. The van der Waals surface area contributed by atoms with Crippen molar-refractivity contribution in [2.24, 2.45) is 5.92 Å². The van der Waals surface area contributed by atoms with Gasteiger partial charge in [0.25, 0.3) is 5.56 Å². The van der Waals surface area contributed by atoms with Gasteiger partial charge in [-0.1, -0.05) is 20.8 Å². The number of amides is 1. The van der Waals surface area contributed by atoms with Gasteiger partial charge in [-0.05, 0) is 43.5 Å². The van der Waals surface area contributed by atoms with Crippen LogP contribution in [0.4, 0.5) is 0 Å². The number of aryl methyl sites for hydroxylation is 1. The van der Waals surface area contributed by atoms with Crippen molar-refractivity contribution in [3.8, 4) is 17.1 Å². The van der Waals surface area contributed by atoms with Crippen molar-refractivity contribution in [3.05, 3.63) is 40.3 Å². The van der Waals surface area contributed by atoms with Gasteiger partial charge >= 0.3 is 0 Å². The molecule has 1 aromatic heterocycles. The molecule has 1 unspecified atom stereocenters. The monoisotopic (exact) mass is 372 g/mol. The Morgan fingerprint density at radius 1 is 1.19 bits per heavy atom. The van der Waals surface area contributed by atoms with Gasteiger partial charge in [-0.2, -0.15) is 0 Å². The number of carbonyl (C=O) groups excluding carboxylic acids is 1. The summed E-state index contributed by atoms with van der Waals surface area (Å²) in [5, 5.41) is 11.0. The first-order chi connectivity index (χ1) is 12.9. The van der Waals surface area contributed by atoms with Crippen molar-refractivity contribution in [1.29, 1.82) is 0 Å². The summed E-state index contributed by atoms with van der Waals surface area (Å²) in [7, 11) is 0. The second kappa shape index (κ2) is 9.85. The molecule has 2 aromatic rings. The number of ether oxygens (including phenoxy) is 1. The van der Waals surface area contributed by atoms with Gasteiger partial charge in [0.05, 0.1) is 6.61 Å². The fraction of sp³-hybridized carbons (Fsp3) is 0.500. The number of benzene rings is 1. The lowest BCUT2D eigenvalue weighted by Gasteiger charge is -2.10. The molecule has 0 spiro atoms. The number of nitrogens with one attached hydrogen (secondary N) is 2. The van der Waals surface area contributed by atoms with E-state index < -0.39 is 0 Å². The molecule has 0 fully saturated rings. The second-order valence-electron chi connectivity index (χ2n) is 7.06. The minimum Gasteiger partial charge on any atom is -0.493 e. The number of rotatable bonds is 9.